The van der Waals surface area contributed by atoms with Crippen molar-refractivity contribution in [1.29, 1.82) is 0 Å². The van der Waals surface area contributed by atoms with Crippen LogP contribution < -0.4 is 10.1 Å². The first-order valence-corrected chi connectivity index (χ1v) is 12.4. The van der Waals surface area contributed by atoms with Gasteiger partial charge >= 0.3 is 5.97 Å². The van der Waals surface area contributed by atoms with E-state index in [1.165, 1.54) is 24.4 Å². The van der Waals surface area contributed by atoms with E-state index in [-0.39, 0.29) is 12.3 Å². The molecule has 1 N–H and O–H groups in total. The molecule has 4 rings (SSSR count). The van der Waals surface area contributed by atoms with Gasteiger partial charge < -0.3 is 19.7 Å². The zero-order chi connectivity index (χ0) is 24.8. The molecule has 7 nitrogen and oxygen atoms in total. The lowest BCUT2D eigenvalue weighted by atomic mass is 9.92. The van der Waals surface area contributed by atoms with Crippen LogP contribution in [0.15, 0.2) is 82.0 Å². The topological polar surface area (TPSA) is 80.2 Å². The van der Waals surface area contributed by atoms with Crippen molar-refractivity contribution in [3.8, 4) is 5.75 Å². The highest BCUT2D eigenvalue weighted by molar-refractivity contribution is 8.16. The molecule has 2 aliphatic rings. The first-order chi connectivity index (χ1) is 17.0. The van der Waals surface area contributed by atoms with Crippen LogP contribution in [0.5, 0.6) is 5.75 Å². The predicted molar refractivity (Wildman–Crippen MR) is 138 cm³/mol. The summed E-state index contributed by atoms with van der Waals surface area (Å²) < 4.78 is 10.6. The number of nitrogens with zero attached hydrogens (tertiary/aromatic N) is 2. The van der Waals surface area contributed by atoms with Gasteiger partial charge in [-0.05, 0) is 41.5 Å². The van der Waals surface area contributed by atoms with Crippen LogP contribution in [0.2, 0.25) is 0 Å². The van der Waals surface area contributed by atoms with Crippen molar-refractivity contribution in [2.75, 3.05) is 20.8 Å². The number of hydrogen-bond acceptors (Lipinski definition) is 7. The predicted octanol–water partition coefficient (Wildman–Crippen LogP) is 4.58. The van der Waals surface area contributed by atoms with Crippen molar-refractivity contribution in [3.63, 3.8) is 0 Å². The zero-order valence-corrected chi connectivity index (χ0v) is 20.9. The number of nitrogens with one attached hydrogen (secondary N) is 1. The smallest absolute Gasteiger partial charge is 0.338 e. The molecule has 35 heavy (non-hydrogen) atoms. The minimum atomic E-state index is -0.474. The summed E-state index contributed by atoms with van der Waals surface area (Å²) in [5, 5.41) is 5.70. The molecule has 1 atom stereocenters. The van der Waals surface area contributed by atoms with Crippen molar-refractivity contribution in [2.24, 2.45) is 4.99 Å². The molecule has 0 bridgehead atoms. The minimum absolute atomic E-state index is 0.0803. The summed E-state index contributed by atoms with van der Waals surface area (Å²) in [6, 6.07) is 17.2. The second-order valence-electron chi connectivity index (χ2n) is 8.14. The Labute approximate surface area is 209 Å². The number of rotatable bonds is 9. The quantitative estimate of drug-likeness (QED) is 0.517. The van der Waals surface area contributed by atoms with Crippen LogP contribution in [0.3, 0.4) is 0 Å². The van der Waals surface area contributed by atoms with E-state index in [4.69, 9.17) is 14.5 Å². The van der Waals surface area contributed by atoms with Gasteiger partial charge in [-0.1, -0.05) is 61.2 Å². The van der Waals surface area contributed by atoms with E-state index < -0.39 is 12.0 Å². The molecule has 0 saturated heterocycles. The van der Waals surface area contributed by atoms with Crippen LogP contribution in [0.25, 0.3) is 0 Å². The summed E-state index contributed by atoms with van der Waals surface area (Å²) in [5.41, 5.74) is 3.98. The van der Waals surface area contributed by atoms with Crippen LogP contribution in [-0.4, -0.2) is 42.7 Å². The van der Waals surface area contributed by atoms with Gasteiger partial charge in [0.05, 0.1) is 38.0 Å². The maximum Gasteiger partial charge on any atom is 0.338 e. The Morgan fingerprint density at radius 1 is 1.11 bits per heavy atom. The van der Waals surface area contributed by atoms with Gasteiger partial charge in [0.1, 0.15) is 5.75 Å². The lowest BCUT2D eigenvalue weighted by Gasteiger charge is -2.36. The SMILES string of the molecule is CCC1=C(C(=O)OC)[C@H](c2cccc(OC)c2)N2C(CC(=O)NCCc3ccccc3)=CSC2=N1. The zero-order valence-electron chi connectivity index (χ0n) is 20.1. The average molecular weight is 492 g/mol. The van der Waals surface area contributed by atoms with Crippen molar-refractivity contribution in [1.82, 2.24) is 10.2 Å². The average Bonchev–Trinajstić information content (AvgIpc) is 3.29. The Morgan fingerprint density at radius 2 is 1.91 bits per heavy atom. The van der Waals surface area contributed by atoms with Gasteiger partial charge in [-0.25, -0.2) is 9.79 Å². The number of allylic oxidation sites excluding steroid dienone is 1. The highest BCUT2D eigenvalue weighted by Crippen LogP contribution is 2.45. The second-order valence-corrected chi connectivity index (χ2v) is 8.97. The van der Waals surface area contributed by atoms with Gasteiger partial charge in [0, 0.05) is 12.2 Å². The molecular formula is C27H29N3O4S. The molecule has 182 valence electrons. The number of amides is 1. The fourth-order valence-electron chi connectivity index (χ4n) is 4.26. The second kappa shape index (κ2) is 11.3. The van der Waals surface area contributed by atoms with Crippen molar-refractivity contribution < 1.29 is 19.1 Å². The minimum Gasteiger partial charge on any atom is -0.497 e. The molecule has 0 aliphatic carbocycles. The molecule has 0 spiro atoms. The fraction of sp³-hybridized carbons (Fsp3) is 0.296. The number of thioether (sulfide) groups is 1. The molecule has 1 amide bonds. The van der Waals surface area contributed by atoms with E-state index >= 15 is 0 Å². The largest absolute Gasteiger partial charge is 0.497 e. The van der Waals surface area contributed by atoms with Crippen LogP contribution in [-0.2, 0) is 20.7 Å². The highest BCUT2D eigenvalue weighted by Gasteiger charge is 2.41. The summed E-state index contributed by atoms with van der Waals surface area (Å²) in [6.45, 7) is 2.52. The molecule has 2 aromatic rings. The van der Waals surface area contributed by atoms with Gasteiger partial charge in [-0.3, -0.25) is 4.79 Å². The van der Waals surface area contributed by atoms with E-state index in [1.54, 1.807) is 7.11 Å². The van der Waals surface area contributed by atoms with E-state index in [2.05, 4.69) is 5.32 Å². The fourth-order valence-corrected chi connectivity index (χ4v) is 5.19. The van der Waals surface area contributed by atoms with Gasteiger partial charge in [-0.15, -0.1) is 0 Å². The lowest BCUT2D eigenvalue weighted by Crippen LogP contribution is -2.38. The standard InChI is InChI=1S/C27H29N3O4S/c1-4-22-24(26(32)34-3)25(19-11-8-12-21(15-19)33-2)30-20(17-35-27(30)29-22)16-23(31)28-14-13-18-9-6-5-7-10-18/h5-12,15,17,25H,4,13-14,16H2,1-3H3,(H,28,31)/t25-/m0/s1. The van der Waals surface area contributed by atoms with Gasteiger partial charge in [0.2, 0.25) is 5.91 Å². The Kier molecular flexibility index (Phi) is 7.92. The lowest BCUT2D eigenvalue weighted by molar-refractivity contribution is -0.136. The van der Waals surface area contributed by atoms with E-state index in [1.807, 2.05) is 71.8 Å². The Hall–Kier alpha value is -3.52. The van der Waals surface area contributed by atoms with Crippen molar-refractivity contribution in [2.45, 2.75) is 32.2 Å². The summed E-state index contributed by atoms with van der Waals surface area (Å²) >= 11 is 1.46. The Balaban J connectivity index is 1.59. The van der Waals surface area contributed by atoms with Crippen molar-refractivity contribution >= 4 is 28.8 Å². The van der Waals surface area contributed by atoms with Gasteiger partial charge in [0.15, 0.2) is 5.17 Å². The number of fused-ring (bicyclic) bond motifs is 1. The molecule has 0 radical (unpaired) electrons. The number of benzene rings is 2. The molecule has 0 saturated carbocycles. The van der Waals surface area contributed by atoms with Gasteiger partial charge in [-0.2, -0.15) is 0 Å². The van der Waals surface area contributed by atoms with Gasteiger partial charge in [0.25, 0.3) is 0 Å². The van der Waals surface area contributed by atoms with E-state index in [0.29, 0.717) is 30.0 Å². The Morgan fingerprint density at radius 3 is 2.63 bits per heavy atom. The number of carbonyl (C=O) groups is 2. The number of ether oxygens (including phenoxy) is 2. The summed E-state index contributed by atoms with van der Waals surface area (Å²) in [4.78, 5) is 32.5. The Bertz CT molecular complexity index is 1190. The molecular weight excluding hydrogens is 462 g/mol. The number of amidine groups is 1. The number of methoxy groups -OCH3 is 2. The third-order valence-electron chi connectivity index (χ3n) is 5.96. The third-order valence-corrected chi connectivity index (χ3v) is 6.85. The number of hydrogen-bond donors (Lipinski definition) is 1. The summed E-state index contributed by atoms with van der Waals surface area (Å²) in [6.07, 6.45) is 1.52. The number of esters is 1. The number of aliphatic imine (C=N–C) groups is 1. The molecule has 8 heteroatoms. The van der Waals surface area contributed by atoms with Crippen LogP contribution in [0, 0.1) is 0 Å². The summed E-state index contributed by atoms with van der Waals surface area (Å²) in [7, 11) is 2.98. The maximum atomic E-state index is 13.0. The molecule has 2 aromatic carbocycles. The van der Waals surface area contributed by atoms with Crippen molar-refractivity contribution in [3.05, 3.63) is 88.1 Å². The molecule has 0 aromatic heterocycles. The highest BCUT2D eigenvalue weighted by atomic mass is 32.2. The monoisotopic (exact) mass is 491 g/mol. The molecule has 0 unspecified atom stereocenters. The molecule has 2 heterocycles. The van der Waals surface area contributed by atoms with E-state index in [9.17, 15) is 9.59 Å². The molecule has 0 fully saturated rings. The van der Waals surface area contributed by atoms with E-state index in [0.717, 1.165) is 22.8 Å². The maximum absolute atomic E-state index is 13.0. The number of carbonyl (C=O) groups excluding carboxylic acids is 2. The molecule has 2 aliphatic heterocycles. The normalized spacial score (nSPS) is 16.9. The summed E-state index contributed by atoms with van der Waals surface area (Å²) in [5.74, 6) is 0.175. The van der Waals surface area contributed by atoms with Crippen LogP contribution in [0.1, 0.15) is 36.9 Å². The van der Waals surface area contributed by atoms with Crippen LogP contribution >= 0.6 is 11.8 Å². The van der Waals surface area contributed by atoms with Crippen LogP contribution in [0.4, 0.5) is 0 Å². The first-order valence-electron chi connectivity index (χ1n) is 11.5. The first kappa shape index (κ1) is 24.6. The third kappa shape index (κ3) is 5.43.